The number of aromatic hydroxyl groups is 1. The van der Waals surface area contributed by atoms with Gasteiger partial charge >= 0.3 is 0 Å². The Labute approximate surface area is 139 Å². The molecule has 0 radical (unpaired) electrons. The number of carbonyl (C=O) groups excluding carboxylic acids is 1. The number of carbonyl (C=O) groups is 1. The van der Waals surface area contributed by atoms with Crippen LogP contribution in [0.4, 0.5) is 0 Å². The third-order valence-electron chi connectivity index (χ3n) is 2.92. The van der Waals surface area contributed by atoms with E-state index in [2.05, 4.69) is 42.4 Å². The van der Waals surface area contributed by atoms with E-state index in [9.17, 15) is 9.90 Å². The maximum atomic E-state index is 11.7. The minimum Gasteiger partial charge on any atom is -0.506 e. The smallest absolute Gasteiger partial charge is 0.254 e. The molecular formula is C13H15Br2N3O3. The Balaban J connectivity index is 1.88. The van der Waals surface area contributed by atoms with Gasteiger partial charge in [-0.15, -0.1) is 0 Å². The number of morpholine rings is 1. The lowest BCUT2D eigenvalue weighted by Crippen LogP contribution is -2.42. The summed E-state index contributed by atoms with van der Waals surface area (Å²) in [6, 6.07) is 3.43. The Kier molecular flexibility index (Phi) is 6.16. The molecule has 0 aliphatic carbocycles. The molecular weight excluding hydrogens is 406 g/mol. The van der Waals surface area contributed by atoms with Crippen molar-refractivity contribution in [1.82, 2.24) is 10.3 Å². The van der Waals surface area contributed by atoms with Crippen molar-refractivity contribution in [1.29, 1.82) is 0 Å². The number of nitrogens with zero attached hydrogens (tertiary/aromatic N) is 2. The summed E-state index contributed by atoms with van der Waals surface area (Å²) in [4.78, 5) is 13.7. The molecule has 0 aromatic heterocycles. The van der Waals surface area contributed by atoms with Gasteiger partial charge in [0.25, 0.3) is 5.91 Å². The fraction of sp³-hybridized carbons (Fsp3) is 0.385. The van der Waals surface area contributed by atoms with Crippen molar-refractivity contribution in [2.75, 3.05) is 32.8 Å². The van der Waals surface area contributed by atoms with Gasteiger partial charge in [-0.25, -0.2) is 5.43 Å². The number of benzene rings is 1. The maximum absolute atomic E-state index is 11.7. The zero-order valence-corrected chi connectivity index (χ0v) is 14.4. The molecule has 6 nitrogen and oxygen atoms in total. The molecule has 0 saturated carbocycles. The van der Waals surface area contributed by atoms with Crippen LogP contribution in [0.3, 0.4) is 0 Å². The van der Waals surface area contributed by atoms with E-state index in [0.717, 1.165) is 17.6 Å². The third kappa shape index (κ3) is 5.06. The van der Waals surface area contributed by atoms with E-state index >= 15 is 0 Å². The van der Waals surface area contributed by atoms with Crippen LogP contribution in [-0.4, -0.2) is 55.0 Å². The van der Waals surface area contributed by atoms with Gasteiger partial charge in [0.1, 0.15) is 5.75 Å². The van der Waals surface area contributed by atoms with Crippen LogP contribution in [0, 0.1) is 0 Å². The molecule has 0 bridgehead atoms. The van der Waals surface area contributed by atoms with Gasteiger partial charge < -0.3 is 9.84 Å². The molecule has 0 atom stereocenters. The van der Waals surface area contributed by atoms with Crippen molar-refractivity contribution in [2.45, 2.75) is 0 Å². The van der Waals surface area contributed by atoms with Gasteiger partial charge in [-0.2, -0.15) is 5.10 Å². The third-order valence-corrected chi connectivity index (χ3v) is 3.98. The summed E-state index contributed by atoms with van der Waals surface area (Å²) in [6.45, 7) is 3.08. The molecule has 1 amide bonds. The monoisotopic (exact) mass is 419 g/mol. The van der Waals surface area contributed by atoms with Gasteiger partial charge in [-0.05, 0) is 28.1 Å². The normalized spacial score (nSPS) is 16.3. The van der Waals surface area contributed by atoms with Crippen LogP contribution in [0.2, 0.25) is 0 Å². The first-order chi connectivity index (χ1) is 10.1. The van der Waals surface area contributed by atoms with Gasteiger partial charge in [0.05, 0.1) is 30.4 Å². The molecule has 2 rings (SSSR count). The number of amides is 1. The van der Waals surface area contributed by atoms with Gasteiger partial charge in [0.15, 0.2) is 0 Å². The highest BCUT2D eigenvalue weighted by Crippen LogP contribution is 2.30. The van der Waals surface area contributed by atoms with Gasteiger partial charge in [0.2, 0.25) is 0 Å². The van der Waals surface area contributed by atoms with E-state index < -0.39 is 0 Å². The van der Waals surface area contributed by atoms with Crippen LogP contribution in [0.15, 0.2) is 26.2 Å². The SMILES string of the molecule is O=C(CN1CCOCC1)N/N=C\c1cc(Br)cc(Br)c1O. The molecule has 1 fully saturated rings. The van der Waals surface area contributed by atoms with Gasteiger partial charge in [0, 0.05) is 23.1 Å². The number of ether oxygens (including phenoxy) is 1. The average Bonchev–Trinajstić information content (AvgIpc) is 2.45. The zero-order valence-electron chi connectivity index (χ0n) is 11.2. The van der Waals surface area contributed by atoms with Crippen molar-refractivity contribution in [3.63, 3.8) is 0 Å². The van der Waals surface area contributed by atoms with Gasteiger partial charge in [-0.3, -0.25) is 9.69 Å². The minimum absolute atomic E-state index is 0.0735. The molecule has 1 aromatic rings. The van der Waals surface area contributed by atoms with Gasteiger partial charge in [-0.1, -0.05) is 15.9 Å². The number of hydrogen-bond acceptors (Lipinski definition) is 5. The number of hydrazone groups is 1. The van der Waals surface area contributed by atoms with E-state index in [-0.39, 0.29) is 18.2 Å². The maximum Gasteiger partial charge on any atom is 0.254 e. The van der Waals surface area contributed by atoms with E-state index in [1.807, 2.05) is 4.90 Å². The van der Waals surface area contributed by atoms with Crippen LogP contribution in [0.25, 0.3) is 0 Å². The lowest BCUT2D eigenvalue weighted by Gasteiger charge is -2.25. The lowest BCUT2D eigenvalue weighted by atomic mass is 10.2. The minimum atomic E-state index is -0.193. The number of rotatable bonds is 4. The standard InChI is InChI=1S/C13H15Br2N3O3/c14-10-5-9(13(20)11(15)6-10)7-16-17-12(19)8-18-1-3-21-4-2-18/h5-7,20H,1-4,8H2,(H,17,19)/b16-7-. The first kappa shape index (κ1) is 16.4. The van der Waals surface area contributed by atoms with Crippen LogP contribution in [0.5, 0.6) is 5.75 Å². The van der Waals surface area contributed by atoms with Crippen LogP contribution >= 0.6 is 31.9 Å². The predicted octanol–water partition coefficient (Wildman–Crippen LogP) is 1.70. The molecule has 1 aliphatic heterocycles. The molecule has 114 valence electrons. The van der Waals surface area contributed by atoms with E-state index in [1.54, 1.807) is 12.1 Å². The summed E-state index contributed by atoms with van der Waals surface area (Å²) in [6.07, 6.45) is 1.40. The molecule has 1 aromatic carbocycles. The van der Waals surface area contributed by atoms with Crippen LogP contribution < -0.4 is 5.43 Å². The van der Waals surface area contributed by atoms with Crippen molar-refractivity contribution in [2.24, 2.45) is 5.10 Å². The molecule has 8 heteroatoms. The number of phenols is 1. The first-order valence-electron chi connectivity index (χ1n) is 6.36. The molecule has 1 aliphatic rings. The van der Waals surface area contributed by atoms with E-state index in [4.69, 9.17) is 4.74 Å². The van der Waals surface area contributed by atoms with E-state index in [0.29, 0.717) is 23.2 Å². The highest BCUT2D eigenvalue weighted by molar-refractivity contribution is 9.11. The predicted molar refractivity (Wildman–Crippen MR) is 86.5 cm³/mol. The number of halogens is 2. The zero-order chi connectivity index (χ0) is 15.2. The van der Waals surface area contributed by atoms with Crippen LogP contribution in [0.1, 0.15) is 5.56 Å². The van der Waals surface area contributed by atoms with Crippen LogP contribution in [-0.2, 0) is 9.53 Å². The van der Waals surface area contributed by atoms with Crippen molar-refractivity contribution in [3.8, 4) is 5.75 Å². The van der Waals surface area contributed by atoms with Crippen molar-refractivity contribution >= 4 is 44.0 Å². The molecule has 1 heterocycles. The molecule has 21 heavy (non-hydrogen) atoms. The second kappa shape index (κ2) is 7.88. The number of phenolic OH excluding ortho intramolecular Hbond substituents is 1. The number of nitrogens with one attached hydrogen (secondary N) is 1. The summed E-state index contributed by atoms with van der Waals surface area (Å²) in [5.41, 5.74) is 2.95. The molecule has 0 spiro atoms. The highest BCUT2D eigenvalue weighted by Gasteiger charge is 2.13. The summed E-state index contributed by atoms with van der Waals surface area (Å²) in [7, 11) is 0. The lowest BCUT2D eigenvalue weighted by molar-refractivity contribution is -0.123. The summed E-state index contributed by atoms with van der Waals surface area (Å²) in [5, 5.41) is 13.7. The summed E-state index contributed by atoms with van der Waals surface area (Å²) in [5.74, 6) is -0.119. The fourth-order valence-electron chi connectivity index (χ4n) is 1.86. The van der Waals surface area contributed by atoms with Crippen molar-refractivity contribution < 1.29 is 14.6 Å². The average molecular weight is 421 g/mol. The number of hydrogen-bond donors (Lipinski definition) is 2. The highest BCUT2D eigenvalue weighted by atomic mass is 79.9. The Morgan fingerprint density at radius 3 is 2.86 bits per heavy atom. The molecule has 1 saturated heterocycles. The fourth-order valence-corrected chi connectivity index (χ4v) is 3.11. The Morgan fingerprint density at radius 1 is 1.43 bits per heavy atom. The Bertz CT molecular complexity index is 546. The summed E-state index contributed by atoms with van der Waals surface area (Å²) >= 11 is 6.56. The first-order valence-corrected chi connectivity index (χ1v) is 7.95. The quantitative estimate of drug-likeness (QED) is 0.574. The largest absolute Gasteiger partial charge is 0.506 e. The van der Waals surface area contributed by atoms with E-state index in [1.165, 1.54) is 6.21 Å². The Morgan fingerprint density at radius 2 is 2.14 bits per heavy atom. The molecule has 2 N–H and O–H groups in total. The molecule has 0 unspecified atom stereocenters. The second-order valence-electron chi connectivity index (χ2n) is 4.51. The summed E-state index contributed by atoms with van der Waals surface area (Å²) < 4.78 is 6.57. The Hall–Kier alpha value is -0.960. The topological polar surface area (TPSA) is 74.2 Å². The second-order valence-corrected chi connectivity index (χ2v) is 6.28. The van der Waals surface area contributed by atoms with Crippen molar-refractivity contribution in [3.05, 3.63) is 26.6 Å².